The van der Waals surface area contributed by atoms with Crippen molar-refractivity contribution in [2.45, 2.75) is 24.7 Å². The van der Waals surface area contributed by atoms with Crippen molar-refractivity contribution in [3.05, 3.63) is 71.8 Å². The predicted molar refractivity (Wildman–Crippen MR) is 114 cm³/mol. The molecule has 0 spiro atoms. The van der Waals surface area contributed by atoms with E-state index in [0.717, 1.165) is 12.8 Å². The molecule has 1 amide bonds. The quantitative estimate of drug-likeness (QED) is 0.557. The third-order valence-corrected chi connectivity index (χ3v) is 6.55. The fraction of sp³-hybridized carbons (Fsp3) is 0.286. The first-order chi connectivity index (χ1) is 13.3. The van der Waals surface area contributed by atoms with Crippen molar-refractivity contribution >= 4 is 33.2 Å². The van der Waals surface area contributed by atoms with Crippen LogP contribution in [0, 0.1) is 0 Å². The van der Waals surface area contributed by atoms with E-state index >= 15 is 0 Å². The first-order valence-corrected chi connectivity index (χ1v) is 10.9. The Kier molecular flexibility index (Phi) is 7.66. The lowest BCUT2D eigenvalue weighted by Crippen LogP contribution is -2.32. The molecule has 2 aromatic carbocycles. The second-order valence-electron chi connectivity index (χ2n) is 6.39. The highest BCUT2D eigenvalue weighted by Crippen LogP contribution is 2.29. The van der Waals surface area contributed by atoms with Gasteiger partial charge in [0.1, 0.15) is 4.90 Å². The lowest BCUT2D eigenvalue weighted by molar-refractivity contribution is 0.0793. The van der Waals surface area contributed by atoms with Gasteiger partial charge in [0.2, 0.25) is 0 Å². The largest absolute Gasteiger partial charge is 0.342 e. The summed E-state index contributed by atoms with van der Waals surface area (Å²) in [5.41, 5.74) is 0.781. The van der Waals surface area contributed by atoms with Gasteiger partial charge in [-0.25, -0.2) is 8.42 Å². The Morgan fingerprint density at radius 2 is 1.86 bits per heavy atom. The van der Waals surface area contributed by atoms with Crippen LogP contribution in [0.15, 0.2) is 66.1 Å². The molecule has 0 aliphatic heterocycles. The van der Waals surface area contributed by atoms with Crippen LogP contribution < -0.4 is 4.31 Å². The third-order valence-electron chi connectivity index (χ3n) is 4.28. The summed E-state index contributed by atoms with van der Waals surface area (Å²) in [5, 5.41) is 0.0674. The number of benzene rings is 2. The maximum absolute atomic E-state index is 13.3. The molecule has 0 unspecified atom stereocenters. The van der Waals surface area contributed by atoms with Gasteiger partial charge >= 0.3 is 0 Å². The van der Waals surface area contributed by atoms with Gasteiger partial charge in [0.05, 0.1) is 17.3 Å². The van der Waals surface area contributed by atoms with Crippen molar-refractivity contribution in [1.29, 1.82) is 0 Å². The Labute approximate surface area is 172 Å². The standard InChI is InChI=1S/C21H25ClN2O3S/c1-4-6-15-23(3)21(25)17-12-13-19(22)20(16-17)28(26,27)24(14-5-2)18-10-8-7-9-11-18/h5,7-13,16H,2,4,6,14-15H2,1,3H3. The summed E-state index contributed by atoms with van der Waals surface area (Å²) < 4.78 is 27.9. The molecule has 0 fully saturated rings. The molecular formula is C21H25ClN2O3S. The molecule has 2 rings (SSSR count). The number of amides is 1. The van der Waals surface area contributed by atoms with Crippen LogP contribution in [0.25, 0.3) is 0 Å². The van der Waals surface area contributed by atoms with Gasteiger partial charge in [-0.05, 0) is 36.8 Å². The molecule has 0 heterocycles. The Bertz CT molecular complexity index is 930. The van der Waals surface area contributed by atoms with Crippen LogP contribution in [0.1, 0.15) is 30.1 Å². The van der Waals surface area contributed by atoms with E-state index < -0.39 is 10.0 Å². The Balaban J connectivity index is 2.47. The van der Waals surface area contributed by atoms with Crippen molar-refractivity contribution in [3.8, 4) is 0 Å². The summed E-state index contributed by atoms with van der Waals surface area (Å²) in [7, 11) is -2.28. The number of hydrogen-bond donors (Lipinski definition) is 0. The number of para-hydroxylation sites is 1. The van der Waals surface area contributed by atoms with Crippen LogP contribution in [-0.2, 0) is 10.0 Å². The van der Waals surface area contributed by atoms with Crippen molar-refractivity contribution in [2.24, 2.45) is 0 Å². The van der Waals surface area contributed by atoms with Crippen molar-refractivity contribution in [3.63, 3.8) is 0 Å². The number of carbonyl (C=O) groups is 1. The van der Waals surface area contributed by atoms with Crippen LogP contribution in [0.4, 0.5) is 5.69 Å². The average molecular weight is 421 g/mol. The molecule has 0 aliphatic rings. The van der Waals surface area contributed by atoms with E-state index in [2.05, 4.69) is 6.58 Å². The second kappa shape index (κ2) is 9.75. The van der Waals surface area contributed by atoms with Crippen molar-refractivity contribution < 1.29 is 13.2 Å². The minimum Gasteiger partial charge on any atom is -0.342 e. The van der Waals surface area contributed by atoms with E-state index in [1.807, 2.05) is 6.92 Å². The molecule has 7 heteroatoms. The van der Waals surface area contributed by atoms with E-state index in [0.29, 0.717) is 12.2 Å². The monoisotopic (exact) mass is 420 g/mol. The van der Waals surface area contributed by atoms with Gasteiger partial charge in [0.25, 0.3) is 15.9 Å². The molecule has 2 aromatic rings. The topological polar surface area (TPSA) is 57.7 Å². The molecule has 0 N–H and O–H groups in total. The first kappa shape index (κ1) is 22.0. The number of halogens is 1. The van der Waals surface area contributed by atoms with Gasteiger partial charge in [-0.15, -0.1) is 6.58 Å². The predicted octanol–water partition coefficient (Wildman–Crippen LogP) is 4.59. The molecule has 0 saturated carbocycles. The van der Waals surface area contributed by atoms with Gasteiger partial charge < -0.3 is 4.90 Å². The molecular weight excluding hydrogens is 396 g/mol. The zero-order valence-electron chi connectivity index (χ0n) is 16.1. The average Bonchev–Trinajstić information content (AvgIpc) is 2.70. The molecule has 0 saturated heterocycles. The Hall–Kier alpha value is -2.31. The summed E-state index contributed by atoms with van der Waals surface area (Å²) >= 11 is 6.22. The van der Waals surface area contributed by atoms with E-state index in [1.54, 1.807) is 48.3 Å². The molecule has 150 valence electrons. The van der Waals surface area contributed by atoms with Crippen LogP contribution in [0.2, 0.25) is 5.02 Å². The van der Waals surface area contributed by atoms with Gasteiger partial charge in [-0.1, -0.05) is 49.2 Å². The summed E-state index contributed by atoms with van der Waals surface area (Å²) in [6.45, 7) is 6.38. The maximum Gasteiger partial charge on any atom is 0.266 e. The number of sulfonamides is 1. The third kappa shape index (κ3) is 4.94. The van der Waals surface area contributed by atoms with Crippen LogP contribution >= 0.6 is 11.6 Å². The number of anilines is 1. The minimum absolute atomic E-state index is 0.0674. The Morgan fingerprint density at radius 3 is 2.46 bits per heavy atom. The molecule has 0 bridgehead atoms. The Morgan fingerprint density at radius 1 is 1.18 bits per heavy atom. The van der Waals surface area contributed by atoms with Gasteiger partial charge in [-0.2, -0.15) is 0 Å². The van der Waals surface area contributed by atoms with Gasteiger partial charge in [-0.3, -0.25) is 9.10 Å². The highest BCUT2D eigenvalue weighted by molar-refractivity contribution is 7.93. The number of hydrogen-bond acceptors (Lipinski definition) is 3. The highest BCUT2D eigenvalue weighted by atomic mass is 35.5. The second-order valence-corrected chi connectivity index (χ2v) is 8.62. The fourth-order valence-corrected chi connectivity index (χ4v) is 4.66. The van der Waals surface area contributed by atoms with E-state index in [4.69, 9.17) is 11.6 Å². The molecule has 5 nitrogen and oxygen atoms in total. The number of carbonyl (C=O) groups excluding carboxylic acids is 1. The summed E-state index contributed by atoms with van der Waals surface area (Å²) in [4.78, 5) is 14.1. The summed E-state index contributed by atoms with van der Waals surface area (Å²) in [6, 6.07) is 13.1. The van der Waals surface area contributed by atoms with Crippen molar-refractivity contribution in [2.75, 3.05) is 24.4 Å². The zero-order valence-corrected chi connectivity index (χ0v) is 17.7. The molecule has 28 heavy (non-hydrogen) atoms. The molecule has 0 atom stereocenters. The fourth-order valence-electron chi connectivity index (χ4n) is 2.72. The molecule has 0 aliphatic carbocycles. The van der Waals surface area contributed by atoms with Gasteiger partial charge in [0, 0.05) is 19.2 Å². The SMILES string of the molecule is C=CCN(c1ccccc1)S(=O)(=O)c1cc(C(=O)N(C)CCCC)ccc1Cl. The zero-order chi connectivity index (χ0) is 20.7. The summed E-state index contributed by atoms with van der Waals surface area (Å²) in [6.07, 6.45) is 3.35. The van der Waals surface area contributed by atoms with E-state index in [-0.39, 0.29) is 27.9 Å². The number of unbranched alkanes of at least 4 members (excludes halogenated alkanes) is 1. The molecule has 0 aromatic heterocycles. The van der Waals surface area contributed by atoms with Crippen LogP contribution in [0.5, 0.6) is 0 Å². The van der Waals surface area contributed by atoms with Crippen LogP contribution in [0.3, 0.4) is 0 Å². The molecule has 0 radical (unpaired) electrons. The number of nitrogens with zero attached hydrogens (tertiary/aromatic N) is 2. The number of rotatable bonds is 9. The summed E-state index contributed by atoms with van der Waals surface area (Å²) in [5.74, 6) is -0.239. The highest BCUT2D eigenvalue weighted by Gasteiger charge is 2.28. The minimum atomic E-state index is -3.99. The van der Waals surface area contributed by atoms with E-state index in [1.165, 1.54) is 22.5 Å². The van der Waals surface area contributed by atoms with Crippen molar-refractivity contribution in [1.82, 2.24) is 4.90 Å². The van der Waals surface area contributed by atoms with E-state index in [9.17, 15) is 13.2 Å². The van der Waals surface area contributed by atoms with Gasteiger partial charge in [0.15, 0.2) is 0 Å². The smallest absolute Gasteiger partial charge is 0.266 e. The lowest BCUT2D eigenvalue weighted by atomic mass is 10.2. The maximum atomic E-state index is 13.3. The first-order valence-electron chi connectivity index (χ1n) is 9.06. The lowest BCUT2D eigenvalue weighted by Gasteiger charge is -2.24. The normalized spacial score (nSPS) is 11.1. The van der Waals surface area contributed by atoms with Crippen LogP contribution in [-0.4, -0.2) is 39.4 Å².